The van der Waals surface area contributed by atoms with Gasteiger partial charge in [-0.25, -0.2) is 4.79 Å². The quantitative estimate of drug-likeness (QED) is 0.370. The first-order chi connectivity index (χ1) is 16.3. The summed E-state index contributed by atoms with van der Waals surface area (Å²) >= 11 is 0. The molecular formula is C28H27NO5. The van der Waals surface area contributed by atoms with Crippen molar-refractivity contribution in [2.45, 2.75) is 33.4 Å². The Morgan fingerprint density at radius 1 is 1.09 bits per heavy atom. The summed E-state index contributed by atoms with van der Waals surface area (Å²) in [5, 5.41) is 13.6. The van der Waals surface area contributed by atoms with Crippen LogP contribution in [0.3, 0.4) is 0 Å². The van der Waals surface area contributed by atoms with Gasteiger partial charge < -0.3 is 19.6 Å². The van der Waals surface area contributed by atoms with E-state index in [1.807, 2.05) is 50.2 Å². The molecule has 0 saturated carbocycles. The standard InChI is InChI=1S/C28H27NO5/c1-16-12-22(18(3)29-24-11-6-5-8-21(24)15-30)27-23(13-16)25(31)17(2)26(34-27)19-9-7-10-20(14-19)28(32)33-4/h5-14,18,29-30H,15H2,1-4H3/t18-/m1/s1. The highest BCUT2D eigenvalue weighted by Crippen LogP contribution is 2.33. The second kappa shape index (κ2) is 9.53. The number of aliphatic hydroxyl groups excluding tert-OH is 1. The summed E-state index contributed by atoms with van der Waals surface area (Å²) in [6.07, 6.45) is 0. The molecule has 0 aliphatic rings. The average molecular weight is 458 g/mol. The molecule has 174 valence electrons. The zero-order valence-corrected chi connectivity index (χ0v) is 19.6. The molecule has 0 spiro atoms. The van der Waals surface area contributed by atoms with E-state index in [1.54, 1.807) is 31.2 Å². The first-order valence-corrected chi connectivity index (χ1v) is 11.1. The van der Waals surface area contributed by atoms with Crippen molar-refractivity contribution in [2.75, 3.05) is 12.4 Å². The highest BCUT2D eigenvalue weighted by Gasteiger charge is 2.20. The number of fused-ring (bicyclic) bond motifs is 1. The highest BCUT2D eigenvalue weighted by atomic mass is 16.5. The molecule has 34 heavy (non-hydrogen) atoms. The lowest BCUT2D eigenvalue weighted by molar-refractivity contribution is 0.0601. The maximum Gasteiger partial charge on any atom is 0.337 e. The Balaban J connectivity index is 1.88. The summed E-state index contributed by atoms with van der Waals surface area (Å²) < 4.78 is 11.2. The van der Waals surface area contributed by atoms with E-state index in [0.717, 1.165) is 22.4 Å². The minimum absolute atomic E-state index is 0.0839. The van der Waals surface area contributed by atoms with Gasteiger partial charge in [-0.3, -0.25) is 4.79 Å². The van der Waals surface area contributed by atoms with Gasteiger partial charge in [0.05, 0.1) is 30.7 Å². The largest absolute Gasteiger partial charge is 0.465 e. The predicted molar refractivity (Wildman–Crippen MR) is 133 cm³/mol. The van der Waals surface area contributed by atoms with Crippen LogP contribution in [0.25, 0.3) is 22.3 Å². The summed E-state index contributed by atoms with van der Waals surface area (Å²) in [5.41, 5.74) is 5.20. The fraction of sp³-hybridized carbons (Fsp3) is 0.214. The van der Waals surface area contributed by atoms with Gasteiger partial charge in [-0.15, -0.1) is 0 Å². The molecule has 6 heteroatoms. The fourth-order valence-corrected chi connectivity index (χ4v) is 4.18. The molecule has 1 atom stereocenters. The summed E-state index contributed by atoms with van der Waals surface area (Å²) in [6.45, 7) is 5.58. The molecule has 0 aliphatic carbocycles. The van der Waals surface area contributed by atoms with Crippen LogP contribution in [-0.4, -0.2) is 18.2 Å². The third-order valence-electron chi connectivity index (χ3n) is 5.96. The van der Waals surface area contributed by atoms with Gasteiger partial charge >= 0.3 is 5.97 Å². The van der Waals surface area contributed by atoms with Gasteiger partial charge in [0.15, 0.2) is 5.43 Å². The lowest BCUT2D eigenvalue weighted by Gasteiger charge is -2.20. The number of aryl methyl sites for hydroxylation is 1. The molecule has 4 aromatic rings. The Hall–Kier alpha value is -3.90. The van der Waals surface area contributed by atoms with Crippen LogP contribution in [0.5, 0.6) is 0 Å². The number of rotatable bonds is 6. The minimum Gasteiger partial charge on any atom is -0.465 e. The number of aliphatic hydroxyl groups is 1. The molecule has 0 saturated heterocycles. The van der Waals surface area contributed by atoms with Crippen LogP contribution in [0.15, 0.2) is 69.9 Å². The van der Waals surface area contributed by atoms with Gasteiger partial charge in [-0.1, -0.05) is 36.4 Å². The zero-order chi connectivity index (χ0) is 24.4. The van der Waals surface area contributed by atoms with Crippen molar-refractivity contribution in [1.29, 1.82) is 0 Å². The third-order valence-corrected chi connectivity index (χ3v) is 5.96. The van der Waals surface area contributed by atoms with Crippen molar-refractivity contribution in [3.05, 3.63) is 98.7 Å². The second-order valence-electron chi connectivity index (χ2n) is 8.37. The molecule has 0 radical (unpaired) electrons. The second-order valence-corrected chi connectivity index (χ2v) is 8.37. The maximum absolute atomic E-state index is 13.4. The topological polar surface area (TPSA) is 88.8 Å². The van der Waals surface area contributed by atoms with Crippen LogP contribution in [0.2, 0.25) is 0 Å². The van der Waals surface area contributed by atoms with Crippen LogP contribution in [0, 0.1) is 13.8 Å². The number of methoxy groups -OCH3 is 1. The Labute approximate surface area is 197 Å². The van der Waals surface area contributed by atoms with Gasteiger partial charge in [0.2, 0.25) is 0 Å². The number of benzene rings is 3. The molecule has 0 aliphatic heterocycles. The van der Waals surface area contributed by atoms with Gasteiger partial charge in [0, 0.05) is 27.9 Å². The van der Waals surface area contributed by atoms with E-state index in [4.69, 9.17) is 9.15 Å². The van der Waals surface area contributed by atoms with Crippen LogP contribution >= 0.6 is 0 Å². The molecular weight excluding hydrogens is 430 g/mol. The molecule has 0 fully saturated rings. The minimum atomic E-state index is -0.459. The molecule has 1 aromatic heterocycles. The Morgan fingerprint density at radius 2 is 1.85 bits per heavy atom. The van der Waals surface area contributed by atoms with Gasteiger partial charge in [-0.2, -0.15) is 0 Å². The van der Waals surface area contributed by atoms with Crippen LogP contribution in [0.4, 0.5) is 5.69 Å². The van der Waals surface area contributed by atoms with Gasteiger partial charge in [0.1, 0.15) is 11.3 Å². The number of hydrogen-bond donors (Lipinski definition) is 2. The average Bonchev–Trinajstić information content (AvgIpc) is 2.85. The maximum atomic E-state index is 13.4. The fourth-order valence-electron chi connectivity index (χ4n) is 4.18. The number of esters is 1. The van der Waals surface area contributed by atoms with Crippen molar-refractivity contribution in [3.8, 4) is 11.3 Å². The summed E-state index contributed by atoms with van der Waals surface area (Å²) in [5.74, 6) is -0.0457. The first kappa shape index (κ1) is 23.3. The molecule has 3 aromatic carbocycles. The van der Waals surface area contributed by atoms with Gasteiger partial charge in [-0.05, 0) is 50.6 Å². The monoisotopic (exact) mass is 457 g/mol. The number of carbonyl (C=O) groups excluding carboxylic acids is 1. The molecule has 2 N–H and O–H groups in total. The molecule has 0 amide bonds. The van der Waals surface area contributed by atoms with E-state index < -0.39 is 5.97 Å². The van der Waals surface area contributed by atoms with Gasteiger partial charge in [0.25, 0.3) is 0 Å². The van der Waals surface area contributed by atoms with Crippen LogP contribution in [0.1, 0.15) is 45.6 Å². The Bertz CT molecular complexity index is 1440. The summed E-state index contributed by atoms with van der Waals surface area (Å²) in [6, 6.07) is 18.0. The molecule has 1 heterocycles. The van der Waals surface area contributed by atoms with E-state index in [1.165, 1.54) is 7.11 Å². The van der Waals surface area contributed by atoms with Crippen molar-refractivity contribution < 1.29 is 19.1 Å². The molecule has 4 rings (SSSR count). The Morgan fingerprint density at radius 3 is 2.59 bits per heavy atom. The highest BCUT2D eigenvalue weighted by molar-refractivity contribution is 5.91. The predicted octanol–water partition coefficient (Wildman–Crippen LogP) is 5.53. The van der Waals surface area contributed by atoms with Crippen LogP contribution < -0.4 is 10.7 Å². The Kier molecular flexibility index (Phi) is 6.52. The number of anilines is 1. The lowest BCUT2D eigenvalue weighted by Crippen LogP contribution is -2.13. The number of ether oxygens (including phenoxy) is 1. The number of hydrogen-bond acceptors (Lipinski definition) is 6. The zero-order valence-electron chi connectivity index (χ0n) is 19.6. The normalized spacial score (nSPS) is 11.9. The third kappa shape index (κ3) is 4.32. The number of para-hydroxylation sites is 1. The van der Waals surface area contributed by atoms with Crippen molar-refractivity contribution in [1.82, 2.24) is 0 Å². The van der Waals surface area contributed by atoms with Crippen molar-refractivity contribution >= 4 is 22.6 Å². The van der Waals surface area contributed by atoms with E-state index >= 15 is 0 Å². The molecule has 6 nitrogen and oxygen atoms in total. The number of carbonyl (C=O) groups is 1. The SMILES string of the molecule is COC(=O)c1cccc(-c2oc3c([C@@H](C)Nc4ccccc4CO)cc(C)cc3c(=O)c2C)c1. The van der Waals surface area contributed by atoms with E-state index in [9.17, 15) is 14.7 Å². The van der Waals surface area contributed by atoms with E-state index in [2.05, 4.69) is 5.32 Å². The van der Waals surface area contributed by atoms with Crippen molar-refractivity contribution in [2.24, 2.45) is 0 Å². The van der Waals surface area contributed by atoms with E-state index in [-0.39, 0.29) is 18.1 Å². The smallest absolute Gasteiger partial charge is 0.337 e. The molecule has 0 bridgehead atoms. The van der Waals surface area contributed by atoms with Crippen molar-refractivity contribution in [3.63, 3.8) is 0 Å². The first-order valence-electron chi connectivity index (χ1n) is 11.1. The molecule has 0 unspecified atom stereocenters. The van der Waals surface area contributed by atoms with Crippen LogP contribution in [-0.2, 0) is 11.3 Å². The summed E-state index contributed by atoms with van der Waals surface area (Å²) in [7, 11) is 1.33. The lowest BCUT2D eigenvalue weighted by atomic mass is 9.98. The summed E-state index contributed by atoms with van der Waals surface area (Å²) in [4.78, 5) is 25.4. The van der Waals surface area contributed by atoms with E-state index in [0.29, 0.717) is 33.4 Å². The number of nitrogens with one attached hydrogen (secondary N) is 1.